The molecule has 0 atom stereocenters. The Balaban J connectivity index is 2.19. The number of hydrogen-bond acceptors (Lipinski definition) is 6. The lowest BCUT2D eigenvalue weighted by molar-refractivity contribution is -0.384. The summed E-state index contributed by atoms with van der Waals surface area (Å²) in [6.07, 6.45) is 0. The highest BCUT2D eigenvalue weighted by Crippen LogP contribution is 2.26. The first-order valence-corrected chi connectivity index (χ1v) is 6.97. The van der Waals surface area contributed by atoms with Gasteiger partial charge >= 0.3 is 0 Å². The van der Waals surface area contributed by atoms with E-state index >= 15 is 0 Å². The van der Waals surface area contributed by atoms with E-state index < -0.39 is 4.92 Å². The number of aliphatic hydroxyl groups is 1. The Kier molecular flexibility index (Phi) is 4.61. The summed E-state index contributed by atoms with van der Waals surface area (Å²) in [4.78, 5) is 27.7. The predicted molar refractivity (Wildman–Crippen MR) is 78.3 cm³/mol. The van der Waals surface area contributed by atoms with E-state index in [1.54, 1.807) is 24.6 Å². The highest BCUT2D eigenvalue weighted by atomic mass is 32.1. The van der Waals surface area contributed by atoms with Crippen LogP contribution < -0.4 is 0 Å². The number of rotatable bonds is 5. The Bertz CT molecular complexity index is 654. The van der Waals surface area contributed by atoms with Crippen LogP contribution in [0.3, 0.4) is 0 Å². The number of hydrogen-bond donors (Lipinski definition) is 1. The van der Waals surface area contributed by atoms with Gasteiger partial charge in [-0.15, -0.1) is 11.3 Å². The topological polar surface area (TPSA) is 96.6 Å². The van der Waals surface area contributed by atoms with Gasteiger partial charge in [0.05, 0.1) is 11.5 Å². The van der Waals surface area contributed by atoms with Crippen LogP contribution in [0.4, 0.5) is 5.69 Å². The van der Waals surface area contributed by atoms with Crippen molar-refractivity contribution in [3.63, 3.8) is 0 Å². The van der Waals surface area contributed by atoms with Gasteiger partial charge in [0.1, 0.15) is 10.7 Å². The monoisotopic (exact) mass is 307 g/mol. The van der Waals surface area contributed by atoms with Crippen molar-refractivity contribution in [2.75, 3.05) is 20.2 Å². The van der Waals surface area contributed by atoms with Crippen LogP contribution in [-0.2, 0) is 0 Å². The van der Waals surface area contributed by atoms with Crippen molar-refractivity contribution >= 4 is 22.9 Å². The van der Waals surface area contributed by atoms with E-state index in [1.807, 2.05) is 0 Å². The summed E-state index contributed by atoms with van der Waals surface area (Å²) in [7, 11) is 1.59. The molecule has 0 spiro atoms. The summed E-state index contributed by atoms with van der Waals surface area (Å²) in [6, 6.07) is 6.00. The number of non-ortho nitro benzene ring substituents is 1. The second-order valence-electron chi connectivity index (χ2n) is 4.29. The smallest absolute Gasteiger partial charge is 0.273 e. The van der Waals surface area contributed by atoms with Gasteiger partial charge in [0.15, 0.2) is 0 Å². The molecule has 1 aromatic heterocycles. The van der Waals surface area contributed by atoms with Gasteiger partial charge in [0.2, 0.25) is 0 Å². The molecule has 0 bridgehead atoms. The van der Waals surface area contributed by atoms with Crippen molar-refractivity contribution in [1.82, 2.24) is 9.88 Å². The number of thiazole rings is 1. The maximum absolute atomic E-state index is 12.0. The van der Waals surface area contributed by atoms with Crippen molar-refractivity contribution in [2.45, 2.75) is 0 Å². The zero-order valence-electron chi connectivity index (χ0n) is 11.2. The molecule has 0 aliphatic carbocycles. The first kappa shape index (κ1) is 15.1. The van der Waals surface area contributed by atoms with Gasteiger partial charge in [0, 0.05) is 36.7 Å². The maximum Gasteiger partial charge on any atom is 0.273 e. The van der Waals surface area contributed by atoms with Gasteiger partial charge < -0.3 is 10.0 Å². The molecule has 1 heterocycles. The van der Waals surface area contributed by atoms with E-state index in [2.05, 4.69) is 4.98 Å². The van der Waals surface area contributed by atoms with Crippen LogP contribution in [0.2, 0.25) is 0 Å². The van der Waals surface area contributed by atoms with Crippen LogP contribution in [0.1, 0.15) is 10.5 Å². The largest absolute Gasteiger partial charge is 0.395 e. The second kappa shape index (κ2) is 6.42. The van der Waals surface area contributed by atoms with Gasteiger partial charge in [0.25, 0.3) is 11.6 Å². The number of nitrogens with zero attached hydrogens (tertiary/aromatic N) is 3. The van der Waals surface area contributed by atoms with Crippen LogP contribution in [0.15, 0.2) is 29.6 Å². The third kappa shape index (κ3) is 3.41. The average Bonchev–Trinajstić information content (AvgIpc) is 2.96. The molecule has 0 radical (unpaired) electrons. The van der Waals surface area contributed by atoms with Crippen molar-refractivity contribution in [1.29, 1.82) is 0 Å². The minimum absolute atomic E-state index is 0.00860. The number of amides is 1. The highest BCUT2D eigenvalue weighted by Gasteiger charge is 2.16. The molecule has 0 fully saturated rings. The Labute approximate surface area is 124 Å². The Hall–Kier alpha value is -2.32. The zero-order chi connectivity index (χ0) is 15.4. The van der Waals surface area contributed by atoms with Crippen LogP contribution in [0.5, 0.6) is 0 Å². The summed E-state index contributed by atoms with van der Waals surface area (Å²) in [5, 5.41) is 21.7. The third-order valence-electron chi connectivity index (χ3n) is 2.83. The lowest BCUT2D eigenvalue weighted by Gasteiger charge is -2.13. The van der Waals surface area contributed by atoms with E-state index in [0.717, 1.165) is 5.56 Å². The zero-order valence-corrected chi connectivity index (χ0v) is 12.0. The molecule has 0 aliphatic rings. The van der Waals surface area contributed by atoms with E-state index in [1.165, 1.54) is 28.4 Å². The van der Waals surface area contributed by atoms with Crippen molar-refractivity contribution in [2.24, 2.45) is 0 Å². The number of carbonyl (C=O) groups is 1. The fourth-order valence-electron chi connectivity index (χ4n) is 1.68. The fourth-order valence-corrected chi connectivity index (χ4v) is 2.48. The molecule has 2 aromatic rings. The second-order valence-corrected chi connectivity index (χ2v) is 5.15. The standard InChI is InChI=1S/C13H13N3O4S/c1-15(6-7-17)13(18)11-8-21-12(14-11)9-2-4-10(5-3-9)16(19)20/h2-5,8,17H,6-7H2,1H3. The van der Waals surface area contributed by atoms with Crippen molar-refractivity contribution in [3.8, 4) is 10.6 Å². The highest BCUT2D eigenvalue weighted by molar-refractivity contribution is 7.13. The summed E-state index contributed by atoms with van der Waals surface area (Å²) in [6.45, 7) is 0.130. The van der Waals surface area contributed by atoms with E-state index in [-0.39, 0.29) is 24.7 Å². The molecule has 8 heteroatoms. The minimum atomic E-state index is -0.468. The summed E-state index contributed by atoms with van der Waals surface area (Å²) < 4.78 is 0. The summed E-state index contributed by atoms with van der Waals surface area (Å²) in [5.74, 6) is -0.270. The molecule has 0 unspecified atom stereocenters. The molecule has 110 valence electrons. The maximum atomic E-state index is 12.0. The molecule has 0 aliphatic heterocycles. The normalized spacial score (nSPS) is 10.4. The fraction of sp³-hybridized carbons (Fsp3) is 0.231. The molecular formula is C13H13N3O4S. The number of likely N-dealkylation sites (N-methyl/N-ethyl adjacent to an activating group) is 1. The third-order valence-corrected chi connectivity index (χ3v) is 3.72. The lowest BCUT2D eigenvalue weighted by atomic mass is 10.2. The predicted octanol–water partition coefficient (Wildman–Crippen LogP) is 1.78. The molecule has 1 N–H and O–H groups in total. The molecular weight excluding hydrogens is 294 g/mol. The number of aromatic nitrogens is 1. The minimum Gasteiger partial charge on any atom is -0.395 e. The van der Waals surface area contributed by atoms with Crippen LogP contribution in [0, 0.1) is 10.1 Å². The van der Waals surface area contributed by atoms with Crippen LogP contribution in [0.25, 0.3) is 10.6 Å². The Morgan fingerprint density at radius 1 is 1.43 bits per heavy atom. The average molecular weight is 307 g/mol. The van der Waals surface area contributed by atoms with Crippen LogP contribution in [-0.4, -0.2) is 46.0 Å². The Morgan fingerprint density at radius 2 is 2.10 bits per heavy atom. The number of nitro benzene ring substituents is 1. The van der Waals surface area contributed by atoms with Gasteiger partial charge in [-0.3, -0.25) is 14.9 Å². The van der Waals surface area contributed by atoms with Gasteiger partial charge in [-0.05, 0) is 12.1 Å². The lowest BCUT2D eigenvalue weighted by Crippen LogP contribution is -2.29. The number of aliphatic hydroxyl groups excluding tert-OH is 1. The molecule has 7 nitrogen and oxygen atoms in total. The molecule has 1 amide bonds. The summed E-state index contributed by atoms with van der Waals surface area (Å²) in [5.41, 5.74) is 1.02. The summed E-state index contributed by atoms with van der Waals surface area (Å²) >= 11 is 1.29. The van der Waals surface area contributed by atoms with Gasteiger partial charge in [-0.2, -0.15) is 0 Å². The Morgan fingerprint density at radius 3 is 2.67 bits per heavy atom. The molecule has 0 saturated heterocycles. The van der Waals surface area contributed by atoms with E-state index in [4.69, 9.17) is 5.11 Å². The van der Waals surface area contributed by atoms with Crippen molar-refractivity contribution in [3.05, 3.63) is 45.5 Å². The van der Waals surface area contributed by atoms with Crippen LogP contribution >= 0.6 is 11.3 Å². The molecule has 1 aromatic carbocycles. The first-order chi connectivity index (χ1) is 10.0. The van der Waals surface area contributed by atoms with E-state index in [0.29, 0.717) is 10.7 Å². The number of benzene rings is 1. The molecule has 21 heavy (non-hydrogen) atoms. The molecule has 0 saturated carbocycles. The van der Waals surface area contributed by atoms with Gasteiger partial charge in [-0.1, -0.05) is 0 Å². The molecule has 2 rings (SSSR count). The van der Waals surface area contributed by atoms with E-state index in [9.17, 15) is 14.9 Å². The number of carbonyl (C=O) groups excluding carboxylic acids is 1. The quantitative estimate of drug-likeness (QED) is 0.671. The number of nitro groups is 1. The SMILES string of the molecule is CN(CCO)C(=O)c1csc(-c2ccc([N+](=O)[O-])cc2)n1. The van der Waals surface area contributed by atoms with Crippen molar-refractivity contribution < 1.29 is 14.8 Å². The first-order valence-electron chi connectivity index (χ1n) is 6.09. The van der Waals surface area contributed by atoms with Gasteiger partial charge in [-0.25, -0.2) is 4.98 Å².